The first-order chi connectivity index (χ1) is 10.4. The van der Waals surface area contributed by atoms with Crippen molar-refractivity contribution in [2.75, 3.05) is 0 Å². The van der Waals surface area contributed by atoms with Crippen LogP contribution in [-0.2, 0) is 25.8 Å². The van der Waals surface area contributed by atoms with Crippen molar-refractivity contribution in [3.8, 4) is 0 Å². The topological polar surface area (TPSA) is 0 Å². The Labute approximate surface area is 176 Å². The minimum Gasteiger partial charge on any atom is -0.358 e. The van der Waals surface area contributed by atoms with Crippen molar-refractivity contribution in [2.45, 2.75) is 47.2 Å². The van der Waals surface area contributed by atoms with Crippen LogP contribution >= 0.6 is 0 Å². The van der Waals surface area contributed by atoms with Gasteiger partial charge >= 0.3 is 0 Å². The molecule has 0 saturated carbocycles. The van der Waals surface area contributed by atoms with E-state index in [1.165, 1.54) is 16.7 Å². The SMILES string of the molecule is CC1=CC=CC2=C(C(=[Si](C)C)C(C)(C)[C-]2C2=CC=CC2)C1C.[CH3-].[CH3-].[Hf]. The van der Waals surface area contributed by atoms with Crippen LogP contribution < -0.4 is 0 Å². The monoisotopic (exact) mass is 517 g/mol. The van der Waals surface area contributed by atoms with Crippen LogP contribution in [0.25, 0.3) is 0 Å². The predicted octanol–water partition coefficient (Wildman–Crippen LogP) is 6.34. The van der Waals surface area contributed by atoms with Crippen molar-refractivity contribution < 1.29 is 25.8 Å². The van der Waals surface area contributed by atoms with Gasteiger partial charge in [-0.05, 0) is 33.1 Å². The first-order valence-corrected chi connectivity index (χ1v) is 10.9. The molecule has 0 saturated heterocycles. The fraction of sp³-hybridized carbons (Fsp3) is 0.391. The summed E-state index contributed by atoms with van der Waals surface area (Å²) in [7, 11) is -0.491. The van der Waals surface area contributed by atoms with E-state index in [2.05, 4.69) is 77.2 Å². The van der Waals surface area contributed by atoms with Crippen LogP contribution in [0.4, 0.5) is 0 Å². The molecule has 0 aromatic carbocycles. The second-order valence-corrected chi connectivity index (χ2v) is 10.0. The Morgan fingerprint density at radius 1 is 1.12 bits per heavy atom. The van der Waals surface area contributed by atoms with Crippen molar-refractivity contribution in [2.24, 2.45) is 11.3 Å². The van der Waals surface area contributed by atoms with E-state index in [4.69, 9.17) is 0 Å². The molecule has 25 heavy (non-hydrogen) atoms. The van der Waals surface area contributed by atoms with E-state index in [0.717, 1.165) is 6.42 Å². The number of rotatable bonds is 1. The van der Waals surface area contributed by atoms with Crippen molar-refractivity contribution in [1.29, 1.82) is 0 Å². The zero-order valence-electron chi connectivity index (χ0n) is 17.2. The molecule has 0 aliphatic heterocycles. The van der Waals surface area contributed by atoms with Crippen molar-refractivity contribution in [1.82, 2.24) is 0 Å². The van der Waals surface area contributed by atoms with Crippen molar-refractivity contribution >= 4 is 13.6 Å². The first-order valence-electron chi connectivity index (χ1n) is 8.37. The van der Waals surface area contributed by atoms with Gasteiger partial charge in [-0.15, -0.1) is 52.1 Å². The van der Waals surface area contributed by atoms with E-state index in [-0.39, 0.29) is 46.1 Å². The molecular weight excluding hydrogens is 483 g/mol. The summed E-state index contributed by atoms with van der Waals surface area (Å²) in [4.78, 5) is 0. The Balaban J connectivity index is 0.00000192. The van der Waals surface area contributed by atoms with Crippen LogP contribution in [0, 0.1) is 32.1 Å². The van der Waals surface area contributed by atoms with Crippen LogP contribution in [0.2, 0.25) is 13.1 Å². The molecule has 136 valence electrons. The molecule has 0 N–H and O–H groups in total. The summed E-state index contributed by atoms with van der Waals surface area (Å²) in [5, 5.41) is 1.74. The van der Waals surface area contributed by atoms with Gasteiger partial charge in [0.25, 0.3) is 0 Å². The average Bonchev–Trinajstić information content (AvgIpc) is 2.98. The van der Waals surface area contributed by atoms with E-state index < -0.39 is 8.41 Å². The standard InChI is InChI=1S/C21H27Si.2CH3.Hf/c1-14-10-9-13-17-18(15(14)2)20(22(5)6)21(3,4)19(17)16-11-7-8-12-16;;;/h7-11,13,15H,12H2,1-6H3;2*1H3;/q3*-1;. The molecule has 1 atom stereocenters. The van der Waals surface area contributed by atoms with Crippen LogP contribution in [-0.4, -0.2) is 13.6 Å². The Bertz CT molecular complexity index is 692. The van der Waals surface area contributed by atoms with E-state index in [1.54, 1.807) is 16.7 Å². The van der Waals surface area contributed by atoms with Crippen molar-refractivity contribution in [3.05, 3.63) is 79.5 Å². The number of hydrogen-bond acceptors (Lipinski definition) is 0. The molecule has 3 rings (SSSR count). The quantitative estimate of drug-likeness (QED) is 0.282. The number of allylic oxidation sites excluding steroid dienone is 10. The van der Waals surface area contributed by atoms with Gasteiger partial charge in [-0.3, -0.25) is 0 Å². The summed E-state index contributed by atoms with van der Waals surface area (Å²) < 4.78 is 0. The Morgan fingerprint density at radius 3 is 2.28 bits per heavy atom. The maximum Gasteiger partial charge on any atom is 0 e. The van der Waals surface area contributed by atoms with Gasteiger partial charge in [0.1, 0.15) is 0 Å². The fourth-order valence-electron chi connectivity index (χ4n) is 4.46. The molecule has 2 heteroatoms. The number of hydrogen-bond donors (Lipinski definition) is 0. The molecule has 0 amide bonds. The third kappa shape index (κ3) is 3.95. The van der Waals surface area contributed by atoms with E-state index in [1.807, 2.05) is 0 Å². The van der Waals surface area contributed by atoms with Gasteiger partial charge in [-0.25, -0.2) is 0 Å². The third-order valence-corrected chi connectivity index (χ3v) is 7.30. The van der Waals surface area contributed by atoms with Crippen LogP contribution in [0.1, 0.15) is 34.1 Å². The molecule has 3 aliphatic carbocycles. The molecule has 0 spiro atoms. The van der Waals surface area contributed by atoms with Gasteiger partial charge in [0.15, 0.2) is 0 Å². The third-order valence-electron chi connectivity index (χ3n) is 5.41. The predicted molar refractivity (Wildman–Crippen MR) is 113 cm³/mol. The smallest absolute Gasteiger partial charge is 0 e. The molecule has 3 aliphatic rings. The molecule has 0 aromatic heterocycles. The zero-order valence-corrected chi connectivity index (χ0v) is 21.8. The van der Waals surface area contributed by atoms with E-state index in [0.29, 0.717) is 5.92 Å². The summed E-state index contributed by atoms with van der Waals surface area (Å²) in [5.74, 6) is 2.12. The molecule has 0 bridgehead atoms. The second-order valence-electron chi connectivity index (χ2n) is 7.52. The Kier molecular flexibility index (Phi) is 8.78. The molecular formula is C23H33HfSi-3. The molecule has 0 heterocycles. The van der Waals surface area contributed by atoms with Gasteiger partial charge in [0.2, 0.25) is 0 Å². The van der Waals surface area contributed by atoms with Gasteiger partial charge in [-0.1, -0.05) is 51.6 Å². The van der Waals surface area contributed by atoms with Crippen LogP contribution in [0.15, 0.2) is 58.7 Å². The first kappa shape index (κ1) is 24.5. The van der Waals surface area contributed by atoms with E-state index in [9.17, 15) is 0 Å². The fourth-order valence-corrected chi connectivity index (χ4v) is 6.72. The molecule has 0 aromatic rings. The minimum atomic E-state index is -0.491. The Hall–Kier alpha value is -0.473. The molecule has 0 radical (unpaired) electrons. The summed E-state index contributed by atoms with van der Waals surface area (Å²) in [6.07, 6.45) is 14.8. The summed E-state index contributed by atoms with van der Waals surface area (Å²) in [5.41, 5.74) is 6.33. The van der Waals surface area contributed by atoms with Crippen LogP contribution in [0.5, 0.6) is 0 Å². The van der Waals surface area contributed by atoms with Crippen LogP contribution in [0.3, 0.4) is 0 Å². The van der Waals surface area contributed by atoms with Gasteiger partial charge in [0, 0.05) is 25.8 Å². The summed E-state index contributed by atoms with van der Waals surface area (Å²) >= 11 is 0. The Morgan fingerprint density at radius 2 is 1.76 bits per heavy atom. The molecule has 0 nitrogen and oxygen atoms in total. The maximum absolute atomic E-state index is 2.46. The second kappa shape index (κ2) is 8.95. The largest absolute Gasteiger partial charge is 0.358 e. The maximum atomic E-state index is 2.46. The minimum absolute atomic E-state index is 0. The summed E-state index contributed by atoms with van der Waals surface area (Å²) in [6.45, 7) is 14.5. The molecule has 1 unspecified atom stereocenters. The van der Waals surface area contributed by atoms with Gasteiger partial charge in [-0.2, -0.15) is 0 Å². The average molecular weight is 516 g/mol. The van der Waals surface area contributed by atoms with Gasteiger partial charge in [0.05, 0.1) is 0 Å². The van der Waals surface area contributed by atoms with E-state index >= 15 is 0 Å². The normalized spacial score (nSPS) is 23.0. The van der Waals surface area contributed by atoms with Crippen molar-refractivity contribution in [3.63, 3.8) is 0 Å². The summed E-state index contributed by atoms with van der Waals surface area (Å²) in [6, 6.07) is 0. The molecule has 0 fully saturated rings. The van der Waals surface area contributed by atoms with Gasteiger partial charge < -0.3 is 14.9 Å². The zero-order chi connectivity index (χ0) is 16.1.